The van der Waals surface area contributed by atoms with Crippen molar-refractivity contribution in [1.29, 1.82) is 0 Å². The van der Waals surface area contributed by atoms with Gasteiger partial charge in [0, 0.05) is 18.9 Å². The van der Waals surface area contributed by atoms with E-state index in [0.29, 0.717) is 11.5 Å². The van der Waals surface area contributed by atoms with Gasteiger partial charge in [0.1, 0.15) is 0 Å². The number of anilines is 1. The summed E-state index contributed by atoms with van der Waals surface area (Å²) in [6.45, 7) is 5.87. The molecule has 2 heterocycles. The lowest BCUT2D eigenvalue weighted by Crippen LogP contribution is -2.31. The molecule has 1 unspecified atom stereocenters. The summed E-state index contributed by atoms with van der Waals surface area (Å²) in [7, 11) is 3.35. The number of rotatable bonds is 4. The molecular weight excluding hydrogens is 328 g/mol. The number of hydrogen-bond donors (Lipinski definition) is 0. The Bertz CT molecular complexity index is 844. The Kier molecular flexibility index (Phi) is 4.98. The highest BCUT2D eigenvalue weighted by atomic mass is 16.5. The average molecular weight is 352 g/mol. The molecule has 1 aliphatic heterocycles. The van der Waals surface area contributed by atoms with Crippen LogP contribution in [0.5, 0.6) is 5.88 Å². The number of methoxy groups -OCH3 is 1. The predicted octanol–water partition coefficient (Wildman–Crippen LogP) is 3.90. The fourth-order valence-corrected chi connectivity index (χ4v) is 3.39. The van der Waals surface area contributed by atoms with E-state index in [1.807, 2.05) is 69.1 Å². The van der Waals surface area contributed by atoms with E-state index in [9.17, 15) is 4.79 Å². The van der Waals surface area contributed by atoms with Gasteiger partial charge in [-0.05, 0) is 32.4 Å². The Labute approximate surface area is 154 Å². The van der Waals surface area contributed by atoms with Crippen LogP contribution in [-0.4, -0.2) is 31.2 Å². The Morgan fingerprint density at radius 2 is 1.88 bits per heavy atom. The number of carbonyl (C=O) groups is 1. The van der Waals surface area contributed by atoms with Gasteiger partial charge >= 0.3 is 5.97 Å². The quantitative estimate of drug-likeness (QED) is 0.781. The zero-order chi connectivity index (χ0) is 18.8. The number of allylic oxidation sites excluding steroid dienone is 1. The summed E-state index contributed by atoms with van der Waals surface area (Å²) in [5.41, 5.74) is 4.34. The molecule has 2 aromatic rings. The molecule has 0 N–H and O–H groups in total. The SMILES string of the molecule is COC(=O)C1=C(C)N(C)c2ccnc(OC(C)C)c2C1c1ccccc1. The molecule has 0 fully saturated rings. The molecule has 1 aromatic heterocycles. The molecule has 0 saturated carbocycles. The van der Waals surface area contributed by atoms with E-state index >= 15 is 0 Å². The molecule has 0 radical (unpaired) electrons. The van der Waals surface area contributed by atoms with Crippen LogP contribution in [0.1, 0.15) is 37.8 Å². The van der Waals surface area contributed by atoms with E-state index in [2.05, 4.69) is 4.98 Å². The molecule has 0 saturated heterocycles. The van der Waals surface area contributed by atoms with Crippen molar-refractivity contribution in [3.05, 3.63) is 65.0 Å². The van der Waals surface area contributed by atoms with Crippen LogP contribution in [0.25, 0.3) is 0 Å². The molecule has 0 amide bonds. The minimum absolute atomic E-state index is 0.0238. The molecular formula is C21H24N2O3. The zero-order valence-corrected chi connectivity index (χ0v) is 15.8. The Morgan fingerprint density at radius 1 is 1.19 bits per heavy atom. The second-order valence-corrected chi connectivity index (χ2v) is 6.61. The van der Waals surface area contributed by atoms with Gasteiger partial charge in [0.05, 0.1) is 36.0 Å². The van der Waals surface area contributed by atoms with E-state index in [0.717, 1.165) is 22.5 Å². The highest BCUT2D eigenvalue weighted by Gasteiger charge is 2.38. The maximum atomic E-state index is 12.7. The van der Waals surface area contributed by atoms with Gasteiger partial charge in [0.15, 0.2) is 0 Å². The first-order valence-corrected chi connectivity index (χ1v) is 8.69. The largest absolute Gasteiger partial charge is 0.475 e. The van der Waals surface area contributed by atoms with Crippen LogP contribution < -0.4 is 9.64 Å². The van der Waals surface area contributed by atoms with Crippen LogP contribution in [0.4, 0.5) is 5.69 Å². The molecule has 3 rings (SSSR count). The van der Waals surface area contributed by atoms with Crippen LogP contribution in [0.3, 0.4) is 0 Å². The predicted molar refractivity (Wildman–Crippen MR) is 101 cm³/mol. The van der Waals surface area contributed by atoms with Crippen molar-refractivity contribution in [1.82, 2.24) is 4.98 Å². The summed E-state index contributed by atoms with van der Waals surface area (Å²) < 4.78 is 11.1. The van der Waals surface area contributed by atoms with E-state index < -0.39 is 0 Å². The van der Waals surface area contributed by atoms with E-state index in [4.69, 9.17) is 9.47 Å². The second kappa shape index (κ2) is 7.20. The van der Waals surface area contributed by atoms with Gasteiger partial charge < -0.3 is 14.4 Å². The number of nitrogens with zero attached hydrogens (tertiary/aromatic N) is 2. The van der Waals surface area contributed by atoms with Crippen LogP contribution in [0, 0.1) is 0 Å². The molecule has 0 spiro atoms. The van der Waals surface area contributed by atoms with Crippen LogP contribution in [0.15, 0.2) is 53.9 Å². The summed E-state index contributed by atoms with van der Waals surface area (Å²) in [4.78, 5) is 19.1. The van der Waals surface area contributed by atoms with Gasteiger partial charge in [0.2, 0.25) is 5.88 Å². The molecule has 1 atom stereocenters. The number of hydrogen-bond acceptors (Lipinski definition) is 5. The Morgan fingerprint density at radius 3 is 2.50 bits per heavy atom. The minimum atomic E-state index is -0.340. The summed E-state index contributed by atoms with van der Waals surface area (Å²) in [6, 6.07) is 11.9. The maximum Gasteiger partial charge on any atom is 0.336 e. The number of fused-ring (bicyclic) bond motifs is 1. The number of esters is 1. The lowest BCUT2D eigenvalue weighted by atomic mass is 9.80. The number of aromatic nitrogens is 1. The number of carbonyl (C=O) groups excluding carboxylic acids is 1. The molecule has 1 aliphatic rings. The molecule has 136 valence electrons. The van der Waals surface area contributed by atoms with Gasteiger partial charge in [-0.2, -0.15) is 0 Å². The topological polar surface area (TPSA) is 51.7 Å². The Balaban J connectivity index is 2.31. The third kappa shape index (κ3) is 3.05. The monoisotopic (exact) mass is 352 g/mol. The summed E-state index contributed by atoms with van der Waals surface area (Å²) in [5.74, 6) is -0.0855. The number of pyridine rings is 1. The highest BCUT2D eigenvalue weighted by Crippen LogP contribution is 2.47. The summed E-state index contributed by atoms with van der Waals surface area (Å²) >= 11 is 0. The van der Waals surface area contributed by atoms with Crippen LogP contribution in [-0.2, 0) is 9.53 Å². The van der Waals surface area contributed by atoms with Crippen molar-refractivity contribution in [3.63, 3.8) is 0 Å². The third-order valence-corrected chi connectivity index (χ3v) is 4.65. The second-order valence-electron chi connectivity index (χ2n) is 6.61. The minimum Gasteiger partial charge on any atom is -0.475 e. The van der Waals surface area contributed by atoms with Crippen LogP contribution >= 0.6 is 0 Å². The van der Waals surface area contributed by atoms with Crippen LogP contribution in [0.2, 0.25) is 0 Å². The lowest BCUT2D eigenvalue weighted by molar-refractivity contribution is -0.136. The summed E-state index contributed by atoms with van der Waals surface area (Å²) in [5, 5.41) is 0. The van der Waals surface area contributed by atoms with Crippen molar-refractivity contribution in [3.8, 4) is 5.88 Å². The van der Waals surface area contributed by atoms with E-state index in [1.54, 1.807) is 6.20 Å². The average Bonchev–Trinajstić information content (AvgIpc) is 2.64. The van der Waals surface area contributed by atoms with Gasteiger partial charge in [0.25, 0.3) is 0 Å². The fraction of sp³-hybridized carbons (Fsp3) is 0.333. The van der Waals surface area contributed by atoms with Crippen molar-refractivity contribution >= 4 is 11.7 Å². The molecule has 0 aliphatic carbocycles. The van der Waals surface area contributed by atoms with Crippen molar-refractivity contribution < 1.29 is 14.3 Å². The first-order valence-electron chi connectivity index (χ1n) is 8.69. The van der Waals surface area contributed by atoms with Crippen molar-refractivity contribution in [2.24, 2.45) is 0 Å². The number of ether oxygens (including phenoxy) is 2. The highest BCUT2D eigenvalue weighted by molar-refractivity contribution is 5.95. The Hall–Kier alpha value is -2.82. The molecule has 1 aromatic carbocycles. The standard InChI is InChI=1S/C21H24N2O3/c1-13(2)26-20-19-16(11-12-22-20)23(4)14(3)17(21(24)25-5)18(19)15-9-7-6-8-10-15/h6-13,18H,1-5H3. The molecule has 5 nitrogen and oxygen atoms in total. The summed E-state index contributed by atoms with van der Waals surface area (Å²) in [6.07, 6.45) is 1.72. The number of benzene rings is 1. The van der Waals surface area contributed by atoms with Gasteiger partial charge in [-0.15, -0.1) is 0 Å². The molecule has 0 bridgehead atoms. The zero-order valence-electron chi connectivity index (χ0n) is 15.8. The first kappa shape index (κ1) is 18.0. The van der Waals surface area contributed by atoms with Crippen molar-refractivity contribution in [2.45, 2.75) is 32.8 Å². The van der Waals surface area contributed by atoms with Crippen molar-refractivity contribution in [2.75, 3.05) is 19.1 Å². The van der Waals surface area contributed by atoms with Gasteiger partial charge in [-0.1, -0.05) is 30.3 Å². The fourth-order valence-electron chi connectivity index (χ4n) is 3.39. The van der Waals surface area contributed by atoms with E-state index in [-0.39, 0.29) is 18.0 Å². The first-order chi connectivity index (χ1) is 12.5. The molecule has 26 heavy (non-hydrogen) atoms. The molecule has 5 heteroatoms. The third-order valence-electron chi connectivity index (χ3n) is 4.65. The maximum absolute atomic E-state index is 12.7. The smallest absolute Gasteiger partial charge is 0.336 e. The van der Waals surface area contributed by atoms with E-state index in [1.165, 1.54) is 7.11 Å². The van der Waals surface area contributed by atoms with Gasteiger partial charge in [-0.3, -0.25) is 0 Å². The normalized spacial score (nSPS) is 16.5. The van der Waals surface area contributed by atoms with Gasteiger partial charge in [-0.25, -0.2) is 9.78 Å². The lowest BCUT2D eigenvalue weighted by Gasteiger charge is -2.36.